The fourth-order valence-electron chi connectivity index (χ4n) is 1.99. The van der Waals surface area contributed by atoms with Gasteiger partial charge in [-0.05, 0) is 24.6 Å². The molecule has 0 amide bonds. The predicted molar refractivity (Wildman–Crippen MR) is 60.3 cm³/mol. The maximum atomic E-state index is 12.8. The number of rotatable bonds is 0. The van der Waals surface area contributed by atoms with E-state index in [9.17, 15) is 4.39 Å². The molecule has 0 saturated carbocycles. The molecule has 1 aromatic rings. The standard InChI is InChI=1S/C11H9FO2.C2H6/c1-6-2-7-3-10-8(4-9(7)13-6)5-11(12)14-10;1-2/h2-3,5,9H,4H2,1H3;1-2H3. The molecule has 2 nitrogen and oxygen atoms in total. The van der Waals surface area contributed by atoms with Crippen LogP contribution in [0.25, 0.3) is 6.08 Å². The van der Waals surface area contributed by atoms with Crippen molar-refractivity contribution in [3.63, 3.8) is 0 Å². The van der Waals surface area contributed by atoms with Crippen LogP contribution in [0.15, 0.2) is 27.9 Å². The van der Waals surface area contributed by atoms with Crippen molar-refractivity contribution >= 4 is 6.08 Å². The van der Waals surface area contributed by atoms with Gasteiger partial charge in [-0.3, -0.25) is 0 Å². The van der Waals surface area contributed by atoms with Crippen molar-refractivity contribution in [1.29, 1.82) is 0 Å². The Hall–Kier alpha value is -1.51. The van der Waals surface area contributed by atoms with Crippen LogP contribution in [0, 0.1) is 6.01 Å². The van der Waals surface area contributed by atoms with Gasteiger partial charge in [-0.25, -0.2) is 0 Å². The van der Waals surface area contributed by atoms with Crippen LogP contribution in [-0.4, -0.2) is 6.10 Å². The van der Waals surface area contributed by atoms with Crippen molar-refractivity contribution in [2.45, 2.75) is 33.3 Å². The third kappa shape index (κ3) is 1.77. The van der Waals surface area contributed by atoms with Crippen LogP contribution in [-0.2, 0) is 11.2 Å². The van der Waals surface area contributed by atoms with Gasteiger partial charge in [0.2, 0.25) is 0 Å². The number of hydrogen-bond acceptors (Lipinski definition) is 2. The van der Waals surface area contributed by atoms with E-state index in [2.05, 4.69) is 0 Å². The Balaban J connectivity index is 0.000000457. The number of ether oxygens (including phenoxy) is 1. The molecule has 0 N–H and O–H groups in total. The van der Waals surface area contributed by atoms with E-state index in [-0.39, 0.29) is 6.10 Å². The lowest BCUT2D eigenvalue weighted by atomic mass is 9.96. The Morgan fingerprint density at radius 2 is 2.06 bits per heavy atom. The summed E-state index contributed by atoms with van der Waals surface area (Å²) in [5.41, 5.74) is 1.96. The number of halogens is 1. The van der Waals surface area contributed by atoms with Crippen LogP contribution in [0.3, 0.4) is 0 Å². The molecular formula is C13H15FO2. The van der Waals surface area contributed by atoms with Crippen molar-refractivity contribution in [3.05, 3.63) is 40.8 Å². The van der Waals surface area contributed by atoms with E-state index in [1.807, 2.05) is 32.9 Å². The SMILES string of the molecule is CC.CC1=CC2=Cc3oc(F)cc3CC2O1. The molecule has 16 heavy (non-hydrogen) atoms. The molecule has 1 aromatic heterocycles. The van der Waals surface area contributed by atoms with Gasteiger partial charge in [0.25, 0.3) is 6.01 Å². The summed E-state index contributed by atoms with van der Waals surface area (Å²) in [6.45, 7) is 5.92. The lowest BCUT2D eigenvalue weighted by Crippen LogP contribution is -2.15. The summed E-state index contributed by atoms with van der Waals surface area (Å²) < 4.78 is 23.3. The van der Waals surface area contributed by atoms with Crippen molar-refractivity contribution in [2.24, 2.45) is 0 Å². The first kappa shape index (κ1) is 11.0. The minimum atomic E-state index is -0.521. The fourth-order valence-corrected chi connectivity index (χ4v) is 1.99. The molecular weight excluding hydrogens is 207 g/mol. The molecule has 0 aromatic carbocycles. The molecule has 0 bridgehead atoms. The van der Waals surface area contributed by atoms with Crippen molar-refractivity contribution < 1.29 is 13.5 Å². The largest absolute Gasteiger partial charge is 0.490 e. The van der Waals surface area contributed by atoms with Crippen LogP contribution >= 0.6 is 0 Å². The van der Waals surface area contributed by atoms with Gasteiger partial charge in [0, 0.05) is 18.1 Å². The highest BCUT2D eigenvalue weighted by molar-refractivity contribution is 5.61. The Bertz CT molecular complexity index is 454. The topological polar surface area (TPSA) is 22.4 Å². The monoisotopic (exact) mass is 222 g/mol. The third-order valence-corrected chi connectivity index (χ3v) is 2.58. The lowest BCUT2D eigenvalue weighted by molar-refractivity contribution is 0.167. The Labute approximate surface area is 94.4 Å². The Morgan fingerprint density at radius 1 is 1.31 bits per heavy atom. The first-order chi connectivity index (χ1) is 7.72. The molecule has 0 fully saturated rings. The summed E-state index contributed by atoms with van der Waals surface area (Å²) >= 11 is 0. The maximum Gasteiger partial charge on any atom is 0.278 e. The van der Waals surface area contributed by atoms with Crippen LogP contribution in [0.1, 0.15) is 32.1 Å². The van der Waals surface area contributed by atoms with Gasteiger partial charge in [0.05, 0.1) is 5.76 Å². The zero-order valence-corrected chi connectivity index (χ0v) is 9.71. The first-order valence-corrected chi connectivity index (χ1v) is 5.57. The van der Waals surface area contributed by atoms with Crippen molar-refractivity contribution in [1.82, 2.24) is 0 Å². The summed E-state index contributed by atoms with van der Waals surface area (Å²) in [5.74, 6) is 1.54. The lowest BCUT2D eigenvalue weighted by Gasteiger charge is -2.16. The Morgan fingerprint density at radius 3 is 2.81 bits per heavy atom. The van der Waals surface area contributed by atoms with Gasteiger partial charge in [0.15, 0.2) is 0 Å². The van der Waals surface area contributed by atoms with Gasteiger partial charge in [-0.2, -0.15) is 4.39 Å². The van der Waals surface area contributed by atoms with Crippen LogP contribution in [0.5, 0.6) is 0 Å². The van der Waals surface area contributed by atoms with Crippen molar-refractivity contribution in [2.75, 3.05) is 0 Å². The van der Waals surface area contributed by atoms with Crippen molar-refractivity contribution in [3.8, 4) is 0 Å². The van der Waals surface area contributed by atoms with E-state index in [4.69, 9.17) is 9.15 Å². The average molecular weight is 222 g/mol. The maximum absolute atomic E-state index is 12.8. The van der Waals surface area contributed by atoms with Gasteiger partial charge in [-0.1, -0.05) is 13.8 Å². The van der Waals surface area contributed by atoms with E-state index >= 15 is 0 Å². The van der Waals surface area contributed by atoms with E-state index < -0.39 is 6.01 Å². The molecule has 0 saturated heterocycles. The summed E-state index contributed by atoms with van der Waals surface area (Å²) in [4.78, 5) is 0. The summed E-state index contributed by atoms with van der Waals surface area (Å²) in [6.07, 6.45) is 4.57. The molecule has 3 rings (SSSR count). The van der Waals surface area contributed by atoms with E-state index in [1.54, 1.807) is 0 Å². The Kier molecular flexibility index (Phi) is 2.86. The van der Waals surface area contributed by atoms with Gasteiger partial charge < -0.3 is 9.15 Å². The van der Waals surface area contributed by atoms with Gasteiger partial charge in [-0.15, -0.1) is 0 Å². The number of fused-ring (bicyclic) bond motifs is 2. The molecule has 2 heterocycles. The predicted octanol–water partition coefficient (Wildman–Crippen LogP) is 3.69. The first-order valence-electron chi connectivity index (χ1n) is 5.57. The summed E-state index contributed by atoms with van der Waals surface area (Å²) in [7, 11) is 0. The minimum Gasteiger partial charge on any atom is -0.490 e. The quantitative estimate of drug-likeness (QED) is 0.668. The normalized spacial score (nSPS) is 20.9. The zero-order valence-electron chi connectivity index (χ0n) is 9.71. The molecule has 1 unspecified atom stereocenters. The zero-order chi connectivity index (χ0) is 11.7. The van der Waals surface area contributed by atoms with Crippen LogP contribution < -0.4 is 0 Å². The molecule has 3 heteroatoms. The van der Waals surface area contributed by atoms with Crippen LogP contribution in [0.4, 0.5) is 4.39 Å². The summed E-state index contributed by atoms with van der Waals surface area (Å²) in [6, 6.07) is 0.909. The number of furan rings is 1. The summed E-state index contributed by atoms with van der Waals surface area (Å²) in [5, 5.41) is 0. The second-order valence-electron chi connectivity index (χ2n) is 3.65. The molecule has 1 aliphatic heterocycles. The highest BCUT2D eigenvalue weighted by atomic mass is 19.1. The van der Waals surface area contributed by atoms with Gasteiger partial charge in [0.1, 0.15) is 11.9 Å². The molecule has 0 spiro atoms. The van der Waals surface area contributed by atoms with E-state index in [0.717, 1.165) is 16.9 Å². The molecule has 0 radical (unpaired) electrons. The second-order valence-corrected chi connectivity index (χ2v) is 3.65. The molecule has 1 aliphatic carbocycles. The van der Waals surface area contributed by atoms with Crippen LogP contribution in [0.2, 0.25) is 0 Å². The molecule has 86 valence electrons. The van der Waals surface area contributed by atoms with Gasteiger partial charge >= 0.3 is 0 Å². The van der Waals surface area contributed by atoms with E-state index in [1.165, 1.54) is 6.07 Å². The molecule has 1 atom stereocenters. The number of hydrogen-bond donors (Lipinski definition) is 0. The smallest absolute Gasteiger partial charge is 0.278 e. The number of allylic oxidation sites excluding steroid dienone is 1. The molecule has 2 aliphatic rings. The second kappa shape index (κ2) is 4.16. The fraction of sp³-hybridized carbons (Fsp3) is 0.385. The van der Waals surface area contributed by atoms with E-state index in [0.29, 0.717) is 12.2 Å². The highest BCUT2D eigenvalue weighted by Gasteiger charge is 2.28. The minimum absolute atomic E-state index is 0.0551. The highest BCUT2D eigenvalue weighted by Crippen LogP contribution is 2.34. The average Bonchev–Trinajstić information content (AvgIpc) is 2.76. The third-order valence-electron chi connectivity index (χ3n) is 2.58.